The number of aromatic amines is 2. The predicted molar refractivity (Wildman–Crippen MR) is 101 cm³/mol. The molecule has 2 aromatic rings. The second kappa shape index (κ2) is 17.3. The summed E-state index contributed by atoms with van der Waals surface area (Å²) in [5, 5.41) is 0. The second-order valence-electron chi connectivity index (χ2n) is 5.58. The second-order valence-corrected chi connectivity index (χ2v) is 5.58. The summed E-state index contributed by atoms with van der Waals surface area (Å²) in [5.41, 5.74) is 7.59. The van der Waals surface area contributed by atoms with Crippen molar-refractivity contribution in [2.75, 3.05) is 0 Å². The molecule has 4 nitrogen and oxygen atoms in total. The van der Waals surface area contributed by atoms with Crippen LogP contribution in [0.15, 0.2) is 62.2 Å². The number of rotatable bonds is 6. The molecule has 9 heteroatoms. The van der Waals surface area contributed by atoms with Gasteiger partial charge in [0.1, 0.15) is 0 Å². The van der Waals surface area contributed by atoms with Crippen LogP contribution in [0.4, 0.5) is 8.63 Å². The number of nitrogens with two attached hydrogens (primary N) is 1. The van der Waals surface area contributed by atoms with Crippen LogP contribution in [0.25, 0.3) is 0 Å². The summed E-state index contributed by atoms with van der Waals surface area (Å²) < 4.78 is 21.9. The van der Waals surface area contributed by atoms with Crippen molar-refractivity contribution >= 4 is 13.1 Å². The van der Waals surface area contributed by atoms with Crippen molar-refractivity contribution in [3.05, 3.63) is 73.4 Å². The van der Waals surface area contributed by atoms with Gasteiger partial charge >= 0.3 is 58.7 Å². The summed E-state index contributed by atoms with van der Waals surface area (Å²) in [6.45, 7) is 10.3. The zero-order chi connectivity index (χ0) is 19.3. The Bertz CT molecular complexity index is 618. The van der Waals surface area contributed by atoms with Gasteiger partial charge < -0.3 is 20.4 Å². The molecule has 1 unspecified atom stereocenters. The molecular weight excluding hydrogens is 381 g/mol. The maximum Gasteiger partial charge on any atom is 1.00 e. The maximum absolute atomic E-state index is 11.0. The number of Topliss-reactive ketones (excluding diaryl/α,β-unsaturated/α-hetero) is 1. The smallest absolute Gasteiger partial charge is 1.00 e. The minimum absolute atomic E-state index is 0. The predicted octanol–water partition coefficient (Wildman–Crippen LogP) is -1.41. The normalized spacial score (nSPS) is 10.9. The molecule has 0 aliphatic carbocycles. The molecule has 4 N–H and O–H groups in total. The molecule has 144 valence electrons. The summed E-state index contributed by atoms with van der Waals surface area (Å²) in [7, 11) is -2.22. The van der Waals surface area contributed by atoms with Gasteiger partial charge in [0, 0.05) is 42.2 Å². The van der Waals surface area contributed by atoms with E-state index < -0.39 is 7.27 Å². The molecule has 2 heterocycles. The van der Waals surface area contributed by atoms with E-state index in [1.54, 1.807) is 25.4 Å². The van der Waals surface area contributed by atoms with Crippen LogP contribution in [0, 0.1) is 0 Å². The van der Waals surface area contributed by atoms with Crippen molar-refractivity contribution in [2.24, 2.45) is 5.73 Å². The number of hydrogen-bond donors (Lipinski definition) is 3. The average Bonchev–Trinajstić information content (AvgIpc) is 3.23. The maximum atomic E-state index is 11.0. The summed E-state index contributed by atoms with van der Waals surface area (Å²) in [6, 6.07) is 3.74. The minimum Gasteiger partial charge on any atom is -1.00 e. The zero-order valence-corrected chi connectivity index (χ0v) is 19.3. The van der Waals surface area contributed by atoms with Gasteiger partial charge in [-0.2, -0.15) is 0 Å². The van der Waals surface area contributed by atoms with Gasteiger partial charge in [-0.3, -0.25) is 13.4 Å². The van der Waals surface area contributed by atoms with Gasteiger partial charge in [0.15, 0.2) is 5.78 Å². The van der Waals surface area contributed by atoms with Gasteiger partial charge in [-0.15, -0.1) is 13.2 Å². The third-order valence-electron chi connectivity index (χ3n) is 3.18. The molecular formula is C18H26BF3KN3O. The molecule has 0 aliphatic heterocycles. The molecule has 2 rings (SSSR count). The van der Waals surface area contributed by atoms with Crippen LogP contribution in [-0.2, 0) is 5.54 Å². The van der Waals surface area contributed by atoms with E-state index in [1.165, 1.54) is 6.08 Å². The van der Waals surface area contributed by atoms with Crippen LogP contribution < -0.4 is 61.8 Å². The number of aromatic nitrogens is 2. The molecule has 0 saturated carbocycles. The standard InChI is InChI=1S/C9H14N2.C6H7NO.C3H5BF2.FH.K/c1-3-5-9(2,10)8-4-6-11-7-8;1-5(8)6-2-3-7-4-6;1-2-3-4(5)6;;/h3-4,6-7,11H,1,5,10H2,2H3;2-4,7H,1H3;2H,1,3H2;1H;/q;;;;+1/p-1. The Morgan fingerprint density at radius 2 is 1.78 bits per heavy atom. The van der Waals surface area contributed by atoms with Crippen LogP contribution in [-0.4, -0.2) is 23.0 Å². The number of ketones is 1. The Morgan fingerprint density at radius 1 is 1.22 bits per heavy atom. The van der Waals surface area contributed by atoms with Crippen molar-refractivity contribution in [3.63, 3.8) is 0 Å². The summed E-state index contributed by atoms with van der Waals surface area (Å²) in [4.78, 5) is 16.3. The van der Waals surface area contributed by atoms with E-state index in [1.807, 2.05) is 31.5 Å². The van der Waals surface area contributed by atoms with Crippen molar-refractivity contribution in [1.29, 1.82) is 0 Å². The third-order valence-corrected chi connectivity index (χ3v) is 3.18. The first-order chi connectivity index (χ1) is 11.7. The number of nitrogens with one attached hydrogen (secondary N) is 2. The number of carbonyl (C=O) groups is 1. The van der Waals surface area contributed by atoms with Crippen molar-refractivity contribution < 1.29 is 69.5 Å². The molecule has 0 spiro atoms. The topological polar surface area (TPSA) is 74.7 Å². The average molecular weight is 407 g/mol. The first-order valence-electron chi connectivity index (χ1n) is 7.80. The Kier molecular flexibility index (Phi) is 19.8. The molecule has 0 fully saturated rings. The van der Waals surface area contributed by atoms with E-state index in [-0.39, 0.29) is 73.7 Å². The number of allylic oxidation sites excluding steroid dienone is 1. The summed E-state index contributed by atoms with van der Waals surface area (Å²) >= 11 is 0. The van der Waals surface area contributed by atoms with E-state index in [0.717, 1.165) is 17.5 Å². The fourth-order valence-corrected chi connectivity index (χ4v) is 1.77. The monoisotopic (exact) mass is 407 g/mol. The van der Waals surface area contributed by atoms with E-state index >= 15 is 0 Å². The van der Waals surface area contributed by atoms with Gasteiger partial charge in [-0.05, 0) is 38.0 Å². The number of hydrogen-bond acceptors (Lipinski definition) is 2. The molecule has 0 aromatic carbocycles. The molecule has 27 heavy (non-hydrogen) atoms. The number of H-pyrrole nitrogens is 2. The van der Waals surface area contributed by atoms with Crippen LogP contribution in [0.2, 0.25) is 6.32 Å². The Morgan fingerprint density at radius 3 is 2.04 bits per heavy atom. The molecule has 0 bridgehead atoms. The Hall–Kier alpha value is -0.839. The zero-order valence-electron chi connectivity index (χ0n) is 16.1. The fourth-order valence-electron chi connectivity index (χ4n) is 1.77. The van der Waals surface area contributed by atoms with E-state index in [4.69, 9.17) is 5.73 Å². The van der Waals surface area contributed by atoms with Crippen LogP contribution in [0.1, 0.15) is 36.2 Å². The third kappa shape index (κ3) is 14.8. The summed E-state index contributed by atoms with van der Waals surface area (Å²) in [5.74, 6) is 0.103. The first kappa shape index (κ1) is 30.9. The van der Waals surface area contributed by atoms with Gasteiger partial charge in [0.05, 0.1) is 0 Å². The van der Waals surface area contributed by atoms with Crippen LogP contribution in [0.3, 0.4) is 0 Å². The fraction of sp³-hybridized carbons (Fsp3) is 0.278. The van der Waals surface area contributed by atoms with E-state index in [0.29, 0.717) is 0 Å². The van der Waals surface area contributed by atoms with E-state index in [2.05, 4.69) is 23.1 Å². The van der Waals surface area contributed by atoms with Gasteiger partial charge in [0.2, 0.25) is 0 Å². The molecule has 1 atom stereocenters. The van der Waals surface area contributed by atoms with E-state index in [9.17, 15) is 13.4 Å². The molecule has 0 radical (unpaired) electrons. The minimum atomic E-state index is -2.22. The SMILES string of the molecule is C=CCB(F)F.C=CCC(C)(N)c1cc[nH]c1.CC(=O)c1cc[nH]c1.[F-].[K+]. The quantitative estimate of drug-likeness (QED) is 0.313. The molecule has 0 aliphatic rings. The first-order valence-corrected chi connectivity index (χ1v) is 7.80. The Balaban J connectivity index is -0.000000323. The molecule has 2 aromatic heterocycles. The molecule has 0 amide bonds. The van der Waals surface area contributed by atoms with Gasteiger partial charge in [-0.1, -0.05) is 12.2 Å². The van der Waals surface area contributed by atoms with Crippen molar-refractivity contribution in [3.8, 4) is 0 Å². The van der Waals surface area contributed by atoms with Crippen LogP contribution >= 0.6 is 0 Å². The number of carbonyl (C=O) groups excluding carboxylic acids is 1. The largest absolute Gasteiger partial charge is 1.00 e. The number of halogens is 3. The van der Waals surface area contributed by atoms with Crippen LogP contribution in [0.5, 0.6) is 0 Å². The molecule has 0 saturated heterocycles. The Labute approximate surface area is 202 Å². The van der Waals surface area contributed by atoms with Gasteiger partial charge in [-0.25, -0.2) is 0 Å². The van der Waals surface area contributed by atoms with Gasteiger partial charge in [0.25, 0.3) is 0 Å². The van der Waals surface area contributed by atoms with Crippen molar-refractivity contribution in [1.82, 2.24) is 9.97 Å². The summed E-state index contributed by atoms with van der Waals surface area (Å²) in [6.07, 6.45) is 10.9. The van der Waals surface area contributed by atoms with Crippen molar-refractivity contribution in [2.45, 2.75) is 32.1 Å².